The topological polar surface area (TPSA) is 20.2 Å². The van der Waals surface area contributed by atoms with Crippen molar-refractivity contribution in [3.05, 3.63) is 11.5 Å². The van der Waals surface area contributed by atoms with E-state index in [4.69, 9.17) is 5.11 Å². The number of hydrogen-bond donors (Lipinski definition) is 2. The maximum absolute atomic E-state index is 7.57. The van der Waals surface area contributed by atoms with Gasteiger partial charge in [-0.2, -0.15) is 12.6 Å². The average molecular weight is 331 g/mol. The van der Waals surface area contributed by atoms with Crippen LogP contribution in [0.3, 0.4) is 0 Å². The van der Waals surface area contributed by atoms with Gasteiger partial charge in [0.1, 0.15) is 0 Å². The van der Waals surface area contributed by atoms with E-state index in [1.807, 2.05) is 5.41 Å². The van der Waals surface area contributed by atoms with Crippen LogP contribution in [0.4, 0.5) is 0 Å². The first-order valence-corrected chi connectivity index (χ1v) is 10.2. The molecule has 0 aliphatic heterocycles. The lowest BCUT2D eigenvalue weighted by Gasteiger charge is -2.02. The fourth-order valence-corrected chi connectivity index (χ4v) is 2.68. The summed E-state index contributed by atoms with van der Waals surface area (Å²) >= 11 is 4.06. The summed E-state index contributed by atoms with van der Waals surface area (Å²) in [6, 6.07) is 0. The Bertz CT molecular complexity index is 192. The standard InChI is InChI=1S/C18H36S.C2H6O/c1-2-3-4-5-6-7-8-9-10-11-12-13-14-15-16-17-18-19;1-2-3/h17-19H,2-16H2,1H3;3H,2H2,1H3/b18-17+;. The maximum Gasteiger partial charge on any atom is 0.0402 e. The summed E-state index contributed by atoms with van der Waals surface area (Å²) in [5.74, 6) is 0. The van der Waals surface area contributed by atoms with E-state index in [1.54, 1.807) is 6.92 Å². The van der Waals surface area contributed by atoms with E-state index in [0.29, 0.717) is 0 Å². The van der Waals surface area contributed by atoms with Gasteiger partial charge in [0.25, 0.3) is 0 Å². The highest BCUT2D eigenvalue weighted by Crippen LogP contribution is 2.13. The van der Waals surface area contributed by atoms with Gasteiger partial charge >= 0.3 is 0 Å². The molecule has 0 aliphatic carbocycles. The molecule has 22 heavy (non-hydrogen) atoms. The summed E-state index contributed by atoms with van der Waals surface area (Å²) in [6.45, 7) is 4.22. The third-order valence-corrected chi connectivity index (χ3v) is 4.04. The van der Waals surface area contributed by atoms with Crippen LogP contribution in [0.15, 0.2) is 11.5 Å². The fourth-order valence-electron chi connectivity index (χ4n) is 2.53. The van der Waals surface area contributed by atoms with Gasteiger partial charge in [-0.05, 0) is 25.2 Å². The fraction of sp³-hybridized carbons (Fsp3) is 0.900. The largest absolute Gasteiger partial charge is 0.397 e. The van der Waals surface area contributed by atoms with Crippen molar-refractivity contribution in [2.24, 2.45) is 0 Å². The van der Waals surface area contributed by atoms with Crippen LogP contribution in [0.5, 0.6) is 0 Å². The van der Waals surface area contributed by atoms with E-state index in [9.17, 15) is 0 Å². The molecule has 2 heteroatoms. The molecule has 0 aliphatic rings. The molecule has 0 radical (unpaired) electrons. The molecule has 0 aromatic rings. The van der Waals surface area contributed by atoms with Crippen molar-refractivity contribution in [1.82, 2.24) is 0 Å². The van der Waals surface area contributed by atoms with Gasteiger partial charge in [0.15, 0.2) is 0 Å². The van der Waals surface area contributed by atoms with Crippen LogP contribution < -0.4 is 0 Å². The summed E-state index contributed by atoms with van der Waals surface area (Å²) in [6.07, 6.45) is 23.5. The van der Waals surface area contributed by atoms with Gasteiger partial charge in [0, 0.05) is 6.61 Å². The lowest BCUT2D eigenvalue weighted by atomic mass is 10.0. The van der Waals surface area contributed by atoms with Gasteiger partial charge in [-0.1, -0.05) is 96.5 Å². The van der Waals surface area contributed by atoms with Crippen molar-refractivity contribution in [3.8, 4) is 0 Å². The third-order valence-electron chi connectivity index (χ3n) is 3.83. The van der Waals surface area contributed by atoms with Crippen molar-refractivity contribution in [3.63, 3.8) is 0 Å². The zero-order valence-electron chi connectivity index (χ0n) is 15.4. The normalized spacial score (nSPS) is 10.7. The molecule has 1 nitrogen and oxygen atoms in total. The van der Waals surface area contributed by atoms with Gasteiger partial charge in [0.05, 0.1) is 0 Å². The second kappa shape index (κ2) is 26.0. The van der Waals surface area contributed by atoms with Crippen molar-refractivity contribution in [2.45, 2.75) is 110 Å². The molecular weight excluding hydrogens is 288 g/mol. The molecule has 0 aromatic heterocycles. The highest BCUT2D eigenvalue weighted by Gasteiger charge is 1.93. The molecule has 0 saturated carbocycles. The summed E-state index contributed by atoms with van der Waals surface area (Å²) < 4.78 is 0. The molecule has 0 atom stereocenters. The molecule has 0 heterocycles. The van der Waals surface area contributed by atoms with Crippen molar-refractivity contribution < 1.29 is 5.11 Å². The highest BCUT2D eigenvalue weighted by atomic mass is 32.1. The Kier molecular flexibility index (Phi) is 28.7. The van der Waals surface area contributed by atoms with Crippen molar-refractivity contribution in [2.75, 3.05) is 6.61 Å². The van der Waals surface area contributed by atoms with E-state index >= 15 is 0 Å². The minimum atomic E-state index is 0.250. The molecular formula is C20H42OS. The Morgan fingerprint density at radius 1 is 0.636 bits per heavy atom. The number of rotatable bonds is 15. The molecule has 0 bridgehead atoms. The number of hydrogen-bond acceptors (Lipinski definition) is 2. The van der Waals surface area contributed by atoms with E-state index in [2.05, 4.69) is 25.6 Å². The van der Waals surface area contributed by atoms with Crippen LogP contribution >= 0.6 is 12.6 Å². The third kappa shape index (κ3) is 28.2. The van der Waals surface area contributed by atoms with Crippen LogP contribution in [-0.2, 0) is 0 Å². The lowest BCUT2D eigenvalue weighted by Crippen LogP contribution is -1.83. The minimum absolute atomic E-state index is 0.250. The van der Waals surface area contributed by atoms with Gasteiger partial charge < -0.3 is 5.11 Å². The van der Waals surface area contributed by atoms with Crippen LogP contribution in [-0.4, -0.2) is 11.7 Å². The van der Waals surface area contributed by atoms with Gasteiger partial charge in [-0.3, -0.25) is 0 Å². The zero-order chi connectivity index (χ0) is 16.7. The molecule has 1 N–H and O–H groups in total. The minimum Gasteiger partial charge on any atom is -0.397 e. The van der Waals surface area contributed by atoms with E-state index in [1.165, 1.54) is 96.3 Å². The molecule has 0 spiro atoms. The highest BCUT2D eigenvalue weighted by molar-refractivity contribution is 7.83. The summed E-state index contributed by atoms with van der Waals surface area (Å²) in [7, 11) is 0. The Hall–Kier alpha value is 0.0500. The predicted molar refractivity (Wildman–Crippen MR) is 106 cm³/mol. The number of thiol groups is 1. The molecule has 0 unspecified atom stereocenters. The molecule has 0 rings (SSSR count). The first kappa shape index (κ1) is 24.3. The number of aliphatic hydroxyl groups excluding tert-OH is 1. The van der Waals surface area contributed by atoms with E-state index in [0.717, 1.165) is 0 Å². The van der Waals surface area contributed by atoms with E-state index < -0.39 is 0 Å². The molecule has 0 saturated heterocycles. The van der Waals surface area contributed by atoms with E-state index in [-0.39, 0.29) is 6.61 Å². The molecule has 0 aromatic carbocycles. The van der Waals surface area contributed by atoms with Crippen LogP contribution in [0.2, 0.25) is 0 Å². The zero-order valence-corrected chi connectivity index (χ0v) is 16.3. The number of allylic oxidation sites excluding steroid dienone is 1. The van der Waals surface area contributed by atoms with Crippen LogP contribution in [0, 0.1) is 0 Å². The molecule has 134 valence electrons. The first-order chi connectivity index (χ1) is 10.8. The predicted octanol–water partition coefficient (Wildman–Crippen LogP) is 7.30. The maximum atomic E-state index is 7.57. The number of unbranched alkanes of at least 4 members (excludes halogenated alkanes) is 14. The van der Waals surface area contributed by atoms with Crippen LogP contribution in [0.1, 0.15) is 110 Å². The quantitative estimate of drug-likeness (QED) is 0.238. The summed E-state index contributed by atoms with van der Waals surface area (Å²) in [5, 5.41) is 9.43. The molecule has 0 fully saturated rings. The second-order valence-corrected chi connectivity index (χ2v) is 6.38. The Balaban J connectivity index is 0. The summed E-state index contributed by atoms with van der Waals surface area (Å²) in [4.78, 5) is 0. The Morgan fingerprint density at radius 3 is 1.27 bits per heavy atom. The lowest BCUT2D eigenvalue weighted by molar-refractivity contribution is 0.318. The van der Waals surface area contributed by atoms with Crippen LogP contribution in [0.25, 0.3) is 0 Å². The van der Waals surface area contributed by atoms with Gasteiger partial charge in [0.2, 0.25) is 0 Å². The Labute approximate surface area is 146 Å². The smallest absolute Gasteiger partial charge is 0.0402 e. The SMILES string of the molecule is CCCCCCCCCCCCCCCC/C=C/S.CCO. The Morgan fingerprint density at radius 2 is 0.955 bits per heavy atom. The van der Waals surface area contributed by atoms with Gasteiger partial charge in [-0.25, -0.2) is 0 Å². The van der Waals surface area contributed by atoms with Crippen molar-refractivity contribution >= 4 is 12.6 Å². The first-order valence-electron chi connectivity index (χ1n) is 9.73. The van der Waals surface area contributed by atoms with Gasteiger partial charge in [-0.15, -0.1) is 0 Å². The average Bonchev–Trinajstić information content (AvgIpc) is 2.52. The second-order valence-electron chi connectivity index (χ2n) is 6.09. The number of aliphatic hydroxyl groups is 1. The summed E-state index contributed by atoms with van der Waals surface area (Å²) in [5.41, 5.74) is 0. The van der Waals surface area contributed by atoms with Crippen molar-refractivity contribution in [1.29, 1.82) is 0 Å². The monoisotopic (exact) mass is 330 g/mol. The molecule has 0 amide bonds.